The fourth-order valence-corrected chi connectivity index (χ4v) is 2.25. The number of oxazole rings is 1. The lowest BCUT2D eigenvalue weighted by Crippen LogP contribution is -2.32. The smallest absolute Gasteiger partial charge is 0.360 e. The molecule has 0 radical (unpaired) electrons. The van der Waals surface area contributed by atoms with E-state index in [1.165, 1.54) is 13.4 Å². The number of rotatable bonds is 6. The summed E-state index contributed by atoms with van der Waals surface area (Å²) in [6.07, 6.45) is 2.05. The van der Waals surface area contributed by atoms with Crippen LogP contribution in [0.5, 0.6) is 0 Å². The van der Waals surface area contributed by atoms with Crippen LogP contribution < -0.4 is 0 Å². The molecule has 6 heteroatoms. The summed E-state index contributed by atoms with van der Waals surface area (Å²) in [5, 5.41) is 0. The van der Waals surface area contributed by atoms with E-state index in [1.54, 1.807) is 11.0 Å². The molecule has 0 unspecified atom stereocenters. The highest BCUT2D eigenvalue weighted by Crippen LogP contribution is 2.14. The van der Waals surface area contributed by atoms with E-state index in [-0.39, 0.29) is 18.1 Å². The van der Waals surface area contributed by atoms with Crippen molar-refractivity contribution in [2.75, 3.05) is 13.7 Å². The van der Waals surface area contributed by atoms with Crippen LogP contribution in [0.2, 0.25) is 0 Å². The fourth-order valence-electron chi connectivity index (χ4n) is 2.25. The van der Waals surface area contributed by atoms with Gasteiger partial charge in [-0.05, 0) is 25.0 Å². The van der Waals surface area contributed by atoms with Crippen LogP contribution in [0.25, 0.3) is 0 Å². The molecule has 2 rings (SSSR count). The van der Waals surface area contributed by atoms with Gasteiger partial charge in [-0.25, -0.2) is 9.78 Å². The highest BCUT2D eigenvalue weighted by Gasteiger charge is 2.20. The van der Waals surface area contributed by atoms with Gasteiger partial charge < -0.3 is 14.1 Å². The Kier molecular flexibility index (Phi) is 5.51. The third-order valence-electron chi connectivity index (χ3n) is 3.43. The minimum atomic E-state index is -0.563. The summed E-state index contributed by atoms with van der Waals surface area (Å²) in [4.78, 5) is 29.9. The molecule has 0 saturated heterocycles. The molecule has 0 aliphatic rings. The van der Waals surface area contributed by atoms with Crippen LogP contribution >= 0.6 is 0 Å². The number of nitrogens with zero attached hydrogens (tertiary/aromatic N) is 2. The topological polar surface area (TPSA) is 72.6 Å². The van der Waals surface area contributed by atoms with Crippen molar-refractivity contribution in [1.29, 1.82) is 0 Å². The van der Waals surface area contributed by atoms with E-state index < -0.39 is 5.97 Å². The van der Waals surface area contributed by atoms with E-state index in [0.717, 1.165) is 12.0 Å². The number of hydrogen-bond acceptors (Lipinski definition) is 5. The number of aryl methyl sites for hydroxylation is 1. The van der Waals surface area contributed by atoms with Crippen LogP contribution in [0.4, 0.5) is 0 Å². The number of ether oxygens (including phenoxy) is 1. The lowest BCUT2D eigenvalue weighted by atomic mass is 10.1. The van der Waals surface area contributed by atoms with Crippen LogP contribution in [-0.2, 0) is 11.3 Å². The molecule has 0 spiro atoms. The van der Waals surface area contributed by atoms with Crippen LogP contribution in [-0.4, -0.2) is 35.4 Å². The molecule has 0 aliphatic heterocycles. The van der Waals surface area contributed by atoms with Gasteiger partial charge in [0.1, 0.15) is 6.26 Å². The molecule has 0 bridgehead atoms. The van der Waals surface area contributed by atoms with Crippen molar-refractivity contribution in [3.05, 3.63) is 53.2 Å². The van der Waals surface area contributed by atoms with Crippen molar-refractivity contribution in [2.45, 2.75) is 26.8 Å². The predicted octanol–water partition coefficient (Wildman–Crippen LogP) is 2.82. The molecule has 23 heavy (non-hydrogen) atoms. The third kappa shape index (κ3) is 3.97. The number of carbonyl (C=O) groups excluding carboxylic acids is 2. The van der Waals surface area contributed by atoms with E-state index in [4.69, 9.17) is 4.42 Å². The zero-order valence-electron chi connectivity index (χ0n) is 13.5. The van der Waals surface area contributed by atoms with Crippen molar-refractivity contribution in [3.8, 4) is 0 Å². The van der Waals surface area contributed by atoms with Gasteiger partial charge in [-0.3, -0.25) is 4.79 Å². The van der Waals surface area contributed by atoms with E-state index in [1.807, 2.05) is 32.0 Å². The molecule has 0 N–H and O–H groups in total. The van der Waals surface area contributed by atoms with Crippen LogP contribution in [0.15, 0.2) is 34.9 Å². The largest absolute Gasteiger partial charge is 0.464 e. The Balaban J connectivity index is 2.18. The van der Waals surface area contributed by atoms with Crippen LogP contribution in [0.3, 0.4) is 0 Å². The number of methoxy groups -OCH3 is 1. The summed E-state index contributed by atoms with van der Waals surface area (Å²) in [5.41, 5.74) is 1.67. The van der Waals surface area contributed by atoms with Gasteiger partial charge in [0.25, 0.3) is 5.91 Å². The van der Waals surface area contributed by atoms with Crippen molar-refractivity contribution in [2.24, 2.45) is 0 Å². The molecule has 1 aromatic heterocycles. The lowest BCUT2D eigenvalue weighted by Gasteiger charge is -2.21. The van der Waals surface area contributed by atoms with Crippen molar-refractivity contribution >= 4 is 11.9 Å². The Hall–Kier alpha value is -2.63. The van der Waals surface area contributed by atoms with E-state index in [0.29, 0.717) is 18.0 Å². The summed E-state index contributed by atoms with van der Waals surface area (Å²) in [7, 11) is 1.28. The summed E-state index contributed by atoms with van der Waals surface area (Å²) in [6, 6.07) is 7.44. The molecule has 2 aromatic rings. The van der Waals surface area contributed by atoms with E-state index in [2.05, 4.69) is 9.72 Å². The molecule has 6 nitrogen and oxygen atoms in total. The minimum Gasteiger partial charge on any atom is -0.464 e. The zero-order valence-corrected chi connectivity index (χ0v) is 13.5. The third-order valence-corrected chi connectivity index (χ3v) is 3.43. The van der Waals surface area contributed by atoms with Crippen molar-refractivity contribution in [3.63, 3.8) is 0 Å². The van der Waals surface area contributed by atoms with Crippen LogP contribution in [0, 0.1) is 6.92 Å². The lowest BCUT2D eigenvalue weighted by molar-refractivity contribution is 0.0594. The second-order valence-electron chi connectivity index (χ2n) is 5.16. The van der Waals surface area contributed by atoms with Crippen LogP contribution in [0.1, 0.15) is 45.6 Å². The van der Waals surface area contributed by atoms with Gasteiger partial charge >= 0.3 is 5.97 Å². The standard InChI is InChI=1S/C17H20N2O4/c1-4-9-19(16(20)13-8-6-5-7-12(13)2)10-15-18-14(11-23-15)17(21)22-3/h5-8,11H,4,9-10H2,1-3H3. The number of esters is 1. The average Bonchev–Trinajstić information content (AvgIpc) is 3.02. The first-order chi connectivity index (χ1) is 11.1. The Morgan fingerprint density at radius 3 is 2.70 bits per heavy atom. The number of benzene rings is 1. The van der Waals surface area contributed by atoms with Gasteiger partial charge in [0.05, 0.1) is 13.7 Å². The minimum absolute atomic E-state index is 0.0808. The van der Waals surface area contributed by atoms with Gasteiger partial charge in [-0.1, -0.05) is 25.1 Å². The zero-order chi connectivity index (χ0) is 16.8. The van der Waals surface area contributed by atoms with Gasteiger partial charge in [0.2, 0.25) is 5.89 Å². The maximum Gasteiger partial charge on any atom is 0.360 e. The van der Waals surface area contributed by atoms with Crippen molar-refractivity contribution in [1.82, 2.24) is 9.88 Å². The summed E-state index contributed by atoms with van der Waals surface area (Å²) in [6.45, 7) is 4.67. The Morgan fingerprint density at radius 1 is 1.30 bits per heavy atom. The Labute approximate surface area is 135 Å². The molecule has 0 atom stereocenters. The molecule has 1 amide bonds. The second kappa shape index (κ2) is 7.58. The summed E-state index contributed by atoms with van der Waals surface area (Å²) < 4.78 is 9.87. The average molecular weight is 316 g/mol. The molecule has 1 heterocycles. The number of hydrogen-bond donors (Lipinski definition) is 0. The Bertz CT molecular complexity index is 693. The molecule has 0 saturated carbocycles. The first kappa shape index (κ1) is 16.7. The molecule has 122 valence electrons. The predicted molar refractivity (Wildman–Crippen MR) is 84.1 cm³/mol. The van der Waals surface area contributed by atoms with Gasteiger partial charge in [-0.15, -0.1) is 0 Å². The number of carbonyl (C=O) groups is 2. The Morgan fingerprint density at radius 2 is 2.04 bits per heavy atom. The second-order valence-corrected chi connectivity index (χ2v) is 5.16. The van der Waals surface area contributed by atoms with E-state index in [9.17, 15) is 9.59 Å². The first-order valence-corrected chi connectivity index (χ1v) is 7.44. The monoisotopic (exact) mass is 316 g/mol. The normalized spacial score (nSPS) is 10.4. The summed E-state index contributed by atoms with van der Waals surface area (Å²) >= 11 is 0. The highest BCUT2D eigenvalue weighted by atomic mass is 16.5. The fraction of sp³-hybridized carbons (Fsp3) is 0.353. The number of aromatic nitrogens is 1. The van der Waals surface area contributed by atoms with Gasteiger partial charge in [0, 0.05) is 12.1 Å². The van der Waals surface area contributed by atoms with Crippen molar-refractivity contribution < 1.29 is 18.7 Å². The van der Waals surface area contributed by atoms with Gasteiger partial charge in [-0.2, -0.15) is 0 Å². The quantitative estimate of drug-likeness (QED) is 0.766. The maximum absolute atomic E-state index is 12.7. The highest BCUT2D eigenvalue weighted by molar-refractivity contribution is 5.95. The maximum atomic E-state index is 12.7. The molecule has 0 aliphatic carbocycles. The SMILES string of the molecule is CCCN(Cc1nc(C(=O)OC)co1)C(=O)c1ccccc1C. The molecular weight excluding hydrogens is 296 g/mol. The number of amides is 1. The van der Waals surface area contributed by atoms with Gasteiger partial charge in [0.15, 0.2) is 5.69 Å². The molecule has 1 aromatic carbocycles. The first-order valence-electron chi connectivity index (χ1n) is 7.44. The molecular formula is C17H20N2O4. The summed E-state index contributed by atoms with van der Waals surface area (Å²) in [5.74, 6) is -0.337. The molecule has 0 fully saturated rings. The van der Waals surface area contributed by atoms with E-state index >= 15 is 0 Å².